The quantitative estimate of drug-likeness (QED) is 0.431. The van der Waals surface area contributed by atoms with Gasteiger partial charge in [-0.3, -0.25) is 4.98 Å². The SMILES string of the molecule is Oc1ccc(Br)c([C@@H](Nc2ccccn2)c2ccc3cccnc3c2O)c1. The van der Waals surface area contributed by atoms with Gasteiger partial charge in [-0.25, -0.2) is 4.98 Å². The van der Waals surface area contributed by atoms with Crippen LogP contribution < -0.4 is 5.32 Å². The van der Waals surface area contributed by atoms with Crippen molar-refractivity contribution in [3.8, 4) is 11.5 Å². The van der Waals surface area contributed by atoms with Crippen LogP contribution in [0.5, 0.6) is 11.5 Å². The van der Waals surface area contributed by atoms with Crippen molar-refractivity contribution < 1.29 is 10.2 Å². The second-order valence-electron chi connectivity index (χ2n) is 6.08. The lowest BCUT2D eigenvalue weighted by atomic mass is 9.96. The summed E-state index contributed by atoms with van der Waals surface area (Å²) < 4.78 is 0.800. The van der Waals surface area contributed by atoms with Crippen LogP contribution in [0, 0.1) is 0 Å². The van der Waals surface area contributed by atoms with Crippen molar-refractivity contribution in [2.75, 3.05) is 5.32 Å². The highest BCUT2D eigenvalue weighted by atomic mass is 79.9. The van der Waals surface area contributed by atoms with Gasteiger partial charge in [0.1, 0.15) is 22.8 Å². The minimum atomic E-state index is -0.451. The van der Waals surface area contributed by atoms with Gasteiger partial charge in [-0.1, -0.05) is 40.2 Å². The zero-order valence-electron chi connectivity index (χ0n) is 14.2. The van der Waals surface area contributed by atoms with Crippen molar-refractivity contribution >= 4 is 32.7 Å². The van der Waals surface area contributed by atoms with Crippen molar-refractivity contribution in [1.29, 1.82) is 0 Å². The van der Waals surface area contributed by atoms with E-state index < -0.39 is 6.04 Å². The number of anilines is 1. The average Bonchev–Trinajstić information content (AvgIpc) is 2.70. The van der Waals surface area contributed by atoms with Crippen LogP contribution in [0.2, 0.25) is 0 Å². The molecule has 0 unspecified atom stereocenters. The second-order valence-corrected chi connectivity index (χ2v) is 6.93. The van der Waals surface area contributed by atoms with E-state index in [9.17, 15) is 10.2 Å². The Morgan fingerprint density at radius 1 is 0.852 bits per heavy atom. The van der Waals surface area contributed by atoms with Gasteiger partial charge in [-0.2, -0.15) is 0 Å². The molecule has 1 atom stereocenters. The number of nitrogens with zero attached hydrogens (tertiary/aromatic N) is 2. The largest absolute Gasteiger partial charge is 0.508 e. The first-order valence-electron chi connectivity index (χ1n) is 8.36. The summed E-state index contributed by atoms with van der Waals surface area (Å²) in [5.41, 5.74) is 1.93. The van der Waals surface area contributed by atoms with Crippen LogP contribution >= 0.6 is 15.9 Å². The fourth-order valence-electron chi connectivity index (χ4n) is 3.05. The molecule has 2 heterocycles. The Morgan fingerprint density at radius 2 is 1.70 bits per heavy atom. The zero-order chi connectivity index (χ0) is 18.8. The third-order valence-electron chi connectivity index (χ3n) is 4.34. The number of hydrogen-bond acceptors (Lipinski definition) is 5. The molecule has 4 aromatic rings. The van der Waals surface area contributed by atoms with Crippen molar-refractivity contribution in [1.82, 2.24) is 9.97 Å². The number of aromatic hydroxyl groups is 2. The van der Waals surface area contributed by atoms with E-state index in [-0.39, 0.29) is 11.5 Å². The Labute approximate surface area is 164 Å². The number of nitrogens with one attached hydrogen (secondary N) is 1. The van der Waals surface area contributed by atoms with Crippen molar-refractivity contribution in [2.24, 2.45) is 0 Å². The van der Waals surface area contributed by atoms with Gasteiger partial charge in [0.2, 0.25) is 0 Å². The maximum atomic E-state index is 10.9. The predicted octanol–water partition coefficient (Wildman–Crippen LogP) is 5.01. The van der Waals surface area contributed by atoms with Crippen molar-refractivity contribution in [3.63, 3.8) is 0 Å². The fourth-order valence-corrected chi connectivity index (χ4v) is 3.53. The molecule has 0 saturated heterocycles. The van der Waals surface area contributed by atoms with Gasteiger partial charge in [0, 0.05) is 27.8 Å². The molecule has 0 fully saturated rings. The van der Waals surface area contributed by atoms with Crippen molar-refractivity contribution in [3.05, 3.63) is 88.7 Å². The molecule has 3 N–H and O–H groups in total. The maximum Gasteiger partial charge on any atom is 0.147 e. The van der Waals surface area contributed by atoms with E-state index in [0.717, 1.165) is 15.4 Å². The van der Waals surface area contributed by atoms with Crippen LogP contribution in [0.1, 0.15) is 17.2 Å². The van der Waals surface area contributed by atoms with E-state index in [0.29, 0.717) is 16.9 Å². The first-order chi connectivity index (χ1) is 13.1. The van der Waals surface area contributed by atoms with Gasteiger partial charge in [0.25, 0.3) is 0 Å². The summed E-state index contributed by atoms with van der Waals surface area (Å²) in [6, 6.07) is 17.7. The molecule has 2 aromatic heterocycles. The summed E-state index contributed by atoms with van der Waals surface area (Å²) in [5, 5.41) is 25.1. The topological polar surface area (TPSA) is 78.3 Å². The highest BCUT2D eigenvalue weighted by Crippen LogP contribution is 2.39. The summed E-state index contributed by atoms with van der Waals surface area (Å²) in [6.07, 6.45) is 3.34. The first kappa shape index (κ1) is 17.3. The molecule has 0 amide bonds. The van der Waals surface area contributed by atoms with E-state index in [2.05, 4.69) is 31.2 Å². The van der Waals surface area contributed by atoms with E-state index in [1.807, 2.05) is 42.5 Å². The van der Waals surface area contributed by atoms with Gasteiger partial charge in [0.15, 0.2) is 0 Å². The number of aromatic nitrogens is 2. The summed E-state index contributed by atoms with van der Waals surface area (Å²) in [7, 11) is 0. The van der Waals surface area contributed by atoms with E-state index in [1.54, 1.807) is 30.6 Å². The molecular formula is C21H16BrN3O2. The minimum absolute atomic E-state index is 0.0942. The van der Waals surface area contributed by atoms with E-state index in [4.69, 9.17) is 0 Å². The number of hydrogen-bond donors (Lipinski definition) is 3. The Balaban J connectivity index is 1.90. The van der Waals surface area contributed by atoms with Gasteiger partial charge in [0.05, 0.1) is 6.04 Å². The van der Waals surface area contributed by atoms with Crippen molar-refractivity contribution in [2.45, 2.75) is 6.04 Å². The van der Waals surface area contributed by atoms with Crippen LogP contribution in [0.15, 0.2) is 77.5 Å². The number of rotatable bonds is 4. The van der Waals surface area contributed by atoms with Gasteiger partial charge < -0.3 is 15.5 Å². The number of pyridine rings is 2. The number of phenols is 2. The molecule has 0 aliphatic rings. The molecule has 27 heavy (non-hydrogen) atoms. The molecule has 0 spiro atoms. The summed E-state index contributed by atoms with van der Waals surface area (Å²) in [4.78, 5) is 8.64. The Bertz CT molecular complexity index is 1100. The minimum Gasteiger partial charge on any atom is -0.508 e. The predicted molar refractivity (Wildman–Crippen MR) is 109 cm³/mol. The number of fused-ring (bicyclic) bond motifs is 1. The second kappa shape index (κ2) is 7.25. The Hall–Kier alpha value is -3.12. The van der Waals surface area contributed by atoms with Crippen LogP contribution in [0.4, 0.5) is 5.82 Å². The van der Waals surface area contributed by atoms with Crippen LogP contribution in [0.25, 0.3) is 10.9 Å². The lowest BCUT2D eigenvalue weighted by Gasteiger charge is -2.23. The standard InChI is InChI=1S/C21H16BrN3O2/c22-17-9-7-14(26)12-16(17)20(25-18-5-1-2-10-23-18)15-8-6-13-4-3-11-24-19(13)21(15)27/h1-12,20,26-27H,(H,23,25)/t20-/m0/s1. The molecule has 0 saturated carbocycles. The number of benzene rings is 2. The first-order valence-corrected chi connectivity index (χ1v) is 9.15. The molecule has 134 valence electrons. The third-order valence-corrected chi connectivity index (χ3v) is 5.06. The molecular weight excluding hydrogens is 406 g/mol. The average molecular weight is 422 g/mol. The molecule has 0 aliphatic carbocycles. The molecule has 4 rings (SSSR count). The zero-order valence-corrected chi connectivity index (χ0v) is 15.8. The lowest BCUT2D eigenvalue weighted by molar-refractivity contribution is 0.468. The fraction of sp³-hybridized carbons (Fsp3) is 0.0476. The third kappa shape index (κ3) is 3.44. The Kier molecular flexibility index (Phi) is 4.64. The molecule has 0 aliphatic heterocycles. The summed E-state index contributed by atoms with van der Waals surface area (Å²) in [5.74, 6) is 0.884. The highest BCUT2D eigenvalue weighted by molar-refractivity contribution is 9.10. The van der Waals surface area contributed by atoms with Gasteiger partial charge in [-0.05, 0) is 42.0 Å². The smallest absolute Gasteiger partial charge is 0.147 e. The normalized spacial score (nSPS) is 12.0. The summed E-state index contributed by atoms with van der Waals surface area (Å²) in [6.45, 7) is 0. The molecule has 5 nitrogen and oxygen atoms in total. The van der Waals surface area contributed by atoms with Gasteiger partial charge >= 0.3 is 0 Å². The molecule has 0 radical (unpaired) electrons. The Morgan fingerprint density at radius 3 is 2.52 bits per heavy atom. The molecule has 6 heteroatoms. The molecule has 2 aromatic carbocycles. The van der Waals surface area contributed by atoms with E-state index >= 15 is 0 Å². The maximum absolute atomic E-state index is 10.9. The highest BCUT2D eigenvalue weighted by Gasteiger charge is 2.22. The van der Waals surface area contributed by atoms with E-state index in [1.165, 1.54) is 0 Å². The van der Waals surface area contributed by atoms with Crippen LogP contribution in [0.3, 0.4) is 0 Å². The number of phenolic OH excluding ortho intramolecular Hbond substituents is 2. The monoisotopic (exact) mass is 421 g/mol. The summed E-state index contributed by atoms with van der Waals surface area (Å²) >= 11 is 3.55. The number of halogens is 1. The lowest BCUT2D eigenvalue weighted by Crippen LogP contribution is -2.14. The molecule has 0 bridgehead atoms. The van der Waals surface area contributed by atoms with Crippen LogP contribution in [-0.4, -0.2) is 20.2 Å². The van der Waals surface area contributed by atoms with Gasteiger partial charge in [-0.15, -0.1) is 0 Å². The van der Waals surface area contributed by atoms with Crippen LogP contribution in [-0.2, 0) is 0 Å².